The summed E-state index contributed by atoms with van der Waals surface area (Å²) in [4.78, 5) is 11.7. The van der Waals surface area contributed by atoms with E-state index in [1.165, 1.54) is 11.8 Å². The Kier molecular flexibility index (Phi) is 7.41. The predicted octanol–water partition coefficient (Wildman–Crippen LogP) is 4.77. The van der Waals surface area contributed by atoms with Crippen molar-refractivity contribution in [3.63, 3.8) is 0 Å². The van der Waals surface area contributed by atoms with E-state index in [0.717, 1.165) is 10.0 Å². The minimum Gasteiger partial charge on any atom is -0.483 e. The number of carbonyl (C=O) groups is 1. The van der Waals surface area contributed by atoms with Crippen molar-refractivity contribution in [3.05, 3.63) is 70.2 Å². The van der Waals surface area contributed by atoms with Crippen molar-refractivity contribution in [2.24, 2.45) is 5.10 Å². The molecule has 0 heterocycles. The monoisotopic (exact) mass is 400 g/mol. The highest BCUT2D eigenvalue weighted by atomic mass is 79.9. The van der Waals surface area contributed by atoms with Crippen LogP contribution in [0.2, 0.25) is 0 Å². The molecule has 0 aromatic heterocycles. The summed E-state index contributed by atoms with van der Waals surface area (Å²) in [6.45, 7) is 4.15. The molecule has 0 unspecified atom stereocenters. The number of amides is 1. The molecule has 5 heteroatoms. The van der Waals surface area contributed by atoms with Crippen molar-refractivity contribution in [3.8, 4) is 5.75 Å². The van der Waals surface area contributed by atoms with Crippen molar-refractivity contribution >= 4 is 34.1 Å². The van der Waals surface area contributed by atoms with E-state index in [1.54, 1.807) is 6.08 Å². The van der Waals surface area contributed by atoms with Gasteiger partial charge in [-0.15, -0.1) is 0 Å². The number of hydrogen-bond acceptors (Lipinski definition) is 3. The molecule has 0 spiro atoms. The van der Waals surface area contributed by atoms with Gasteiger partial charge >= 0.3 is 0 Å². The molecule has 0 saturated carbocycles. The molecule has 2 aromatic rings. The molecule has 0 saturated heterocycles. The molecular formula is C20H21BrN2O2. The first kappa shape index (κ1) is 18.9. The Labute approximate surface area is 156 Å². The highest BCUT2D eigenvalue weighted by Crippen LogP contribution is 2.28. The first-order chi connectivity index (χ1) is 12.1. The smallest absolute Gasteiger partial charge is 0.277 e. The standard InChI is InChI=1S/C20H21BrN2O2/c1-15(2)17-10-11-19(18(21)13-17)25-14-20(24)23-22-12-6-9-16-7-4-3-5-8-16/h3-13,15H,14H2,1-2H3,(H,23,24)/b9-6+,22-12+. The quantitative estimate of drug-likeness (QED) is 0.537. The lowest BCUT2D eigenvalue weighted by atomic mass is 10.0. The molecule has 0 aliphatic heterocycles. The maximum atomic E-state index is 11.7. The van der Waals surface area contributed by atoms with Crippen molar-refractivity contribution in [2.75, 3.05) is 6.61 Å². The summed E-state index contributed by atoms with van der Waals surface area (Å²) in [5.41, 5.74) is 4.70. The molecule has 2 aromatic carbocycles. The third-order valence-electron chi connectivity index (χ3n) is 3.42. The molecule has 130 valence electrons. The van der Waals surface area contributed by atoms with Gasteiger partial charge in [0.25, 0.3) is 5.91 Å². The summed E-state index contributed by atoms with van der Waals surface area (Å²) in [5, 5.41) is 3.86. The number of nitrogens with one attached hydrogen (secondary N) is 1. The topological polar surface area (TPSA) is 50.7 Å². The van der Waals surface area contributed by atoms with Crippen molar-refractivity contribution < 1.29 is 9.53 Å². The Morgan fingerprint density at radius 2 is 2.00 bits per heavy atom. The molecule has 4 nitrogen and oxygen atoms in total. The van der Waals surface area contributed by atoms with Gasteiger partial charge in [0.15, 0.2) is 6.61 Å². The minimum absolute atomic E-state index is 0.0979. The molecule has 1 N–H and O–H groups in total. The average molecular weight is 401 g/mol. The first-order valence-electron chi connectivity index (χ1n) is 8.02. The van der Waals surface area contributed by atoms with E-state index in [2.05, 4.69) is 40.3 Å². The van der Waals surface area contributed by atoms with Gasteiger partial charge in [-0.25, -0.2) is 5.43 Å². The van der Waals surface area contributed by atoms with Crippen LogP contribution in [0.1, 0.15) is 30.9 Å². The van der Waals surface area contributed by atoms with Gasteiger partial charge in [0, 0.05) is 6.21 Å². The SMILES string of the molecule is CC(C)c1ccc(OCC(=O)N/N=C/C=C/c2ccccc2)c(Br)c1. The van der Waals surface area contributed by atoms with Gasteiger partial charge in [0.05, 0.1) is 4.47 Å². The molecule has 0 atom stereocenters. The maximum Gasteiger partial charge on any atom is 0.277 e. The van der Waals surface area contributed by atoms with Gasteiger partial charge < -0.3 is 4.74 Å². The van der Waals surface area contributed by atoms with Crippen LogP contribution in [-0.4, -0.2) is 18.7 Å². The van der Waals surface area contributed by atoms with Crippen molar-refractivity contribution in [1.82, 2.24) is 5.43 Å². The highest BCUT2D eigenvalue weighted by Gasteiger charge is 2.07. The second-order valence-electron chi connectivity index (χ2n) is 5.72. The van der Waals surface area contributed by atoms with Gasteiger partial charge in [0.2, 0.25) is 0 Å². The third-order valence-corrected chi connectivity index (χ3v) is 4.04. The number of nitrogens with zero attached hydrogens (tertiary/aromatic N) is 1. The number of halogens is 1. The minimum atomic E-state index is -0.316. The van der Waals surface area contributed by atoms with Crippen LogP contribution in [-0.2, 0) is 4.79 Å². The summed E-state index contributed by atoms with van der Waals surface area (Å²) in [6.07, 6.45) is 5.19. The number of hydrogen-bond donors (Lipinski definition) is 1. The number of carbonyl (C=O) groups excluding carboxylic acids is 1. The fourth-order valence-corrected chi connectivity index (χ4v) is 2.55. The van der Waals surface area contributed by atoms with Gasteiger partial charge in [-0.1, -0.05) is 56.3 Å². The number of benzene rings is 2. The molecule has 25 heavy (non-hydrogen) atoms. The van der Waals surface area contributed by atoms with Crippen LogP contribution >= 0.6 is 15.9 Å². The van der Waals surface area contributed by atoms with Crippen LogP contribution in [0.4, 0.5) is 0 Å². The van der Waals surface area contributed by atoms with Crippen LogP contribution in [0.5, 0.6) is 5.75 Å². The van der Waals surface area contributed by atoms with E-state index in [0.29, 0.717) is 11.7 Å². The Bertz CT molecular complexity index is 756. The van der Waals surface area contributed by atoms with Crippen LogP contribution in [0, 0.1) is 0 Å². The Morgan fingerprint density at radius 1 is 1.24 bits per heavy atom. The van der Waals surface area contributed by atoms with Crippen LogP contribution < -0.4 is 10.2 Å². The number of allylic oxidation sites excluding steroid dienone is 1. The normalized spacial score (nSPS) is 11.4. The van der Waals surface area contributed by atoms with E-state index in [-0.39, 0.29) is 12.5 Å². The summed E-state index contributed by atoms with van der Waals surface area (Å²) >= 11 is 3.47. The highest BCUT2D eigenvalue weighted by molar-refractivity contribution is 9.10. The van der Waals surface area contributed by atoms with E-state index < -0.39 is 0 Å². The van der Waals surface area contributed by atoms with E-state index >= 15 is 0 Å². The van der Waals surface area contributed by atoms with Crippen molar-refractivity contribution in [1.29, 1.82) is 0 Å². The van der Waals surface area contributed by atoms with E-state index in [9.17, 15) is 4.79 Å². The maximum absolute atomic E-state index is 11.7. The molecular weight excluding hydrogens is 380 g/mol. The lowest BCUT2D eigenvalue weighted by molar-refractivity contribution is -0.123. The molecule has 0 radical (unpaired) electrons. The van der Waals surface area contributed by atoms with Gasteiger partial charge in [0.1, 0.15) is 5.75 Å². The molecule has 1 amide bonds. The second-order valence-corrected chi connectivity index (χ2v) is 6.57. The molecule has 0 fully saturated rings. The number of ether oxygens (including phenoxy) is 1. The van der Waals surface area contributed by atoms with Gasteiger partial charge in [-0.05, 0) is 51.2 Å². The van der Waals surface area contributed by atoms with Gasteiger partial charge in [-0.3, -0.25) is 4.79 Å². The van der Waals surface area contributed by atoms with Crippen LogP contribution in [0.3, 0.4) is 0 Å². The number of rotatable bonds is 7. The Morgan fingerprint density at radius 3 is 2.68 bits per heavy atom. The van der Waals surface area contributed by atoms with E-state index in [4.69, 9.17) is 4.74 Å². The summed E-state index contributed by atoms with van der Waals surface area (Å²) in [5.74, 6) is 0.753. The summed E-state index contributed by atoms with van der Waals surface area (Å²) in [6, 6.07) is 15.7. The Hall–Kier alpha value is -2.40. The third kappa shape index (κ3) is 6.55. The molecule has 2 rings (SSSR count). The number of hydrazone groups is 1. The van der Waals surface area contributed by atoms with E-state index in [1.807, 2.05) is 54.6 Å². The molecule has 0 aliphatic carbocycles. The zero-order chi connectivity index (χ0) is 18.1. The second kappa shape index (κ2) is 9.79. The lowest BCUT2D eigenvalue weighted by Gasteiger charge is -2.10. The fourth-order valence-electron chi connectivity index (χ4n) is 2.04. The zero-order valence-corrected chi connectivity index (χ0v) is 15.9. The van der Waals surface area contributed by atoms with Gasteiger partial charge in [-0.2, -0.15) is 5.10 Å². The lowest BCUT2D eigenvalue weighted by Crippen LogP contribution is -2.24. The molecule has 0 bridgehead atoms. The van der Waals surface area contributed by atoms with Crippen molar-refractivity contribution in [2.45, 2.75) is 19.8 Å². The average Bonchev–Trinajstić information content (AvgIpc) is 2.61. The predicted molar refractivity (Wildman–Crippen MR) is 106 cm³/mol. The zero-order valence-electron chi connectivity index (χ0n) is 14.3. The van der Waals surface area contributed by atoms with Crippen LogP contribution in [0.15, 0.2) is 64.2 Å². The fraction of sp³-hybridized carbons (Fsp3) is 0.200. The van der Waals surface area contributed by atoms with Crippen LogP contribution in [0.25, 0.3) is 6.08 Å². The largest absolute Gasteiger partial charge is 0.483 e. The first-order valence-corrected chi connectivity index (χ1v) is 8.81. The summed E-state index contributed by atoms with van der Waals surface area (Å²) < 4.78 is 6.34. The summed E-state index contributed by atoms with van der Waals surface area (Å²) in [7, 11) is 0. The Balaban J connectivity index is 1.77. The molecule has 0 aliphatic rings.